The van der Waals surface area contributed by atoms with Gasteiger partial charge in [-0.05, 0) is 54.8 Å². The lowest BCUT2D eigenvalue weighted by Gasteiger charge is -2.15. The van der Waals surface area contributed by atoms with Crippen LogP contribution in [0.3, 0.4) is 0 Å². The molecule has 7 heteroatoms. The second-order valence-electron chi connectivity index (χ2n) is 8.36. The molecule has 2 heterocycles. The third kappa shape index (κ3) is 6.43. The van der Waals surface area contributed by atoms with Crippen LogP contribution in [0.1, 0.15) is 38.4 Å². The number of carbonyl (C=O) groups excluding carboxylic acids is 1. The van der Waals surface area contributed by atoms with Crippen molar-refractivity contribution in [3.63, 3.8) is 0 Å². The maximum Gasteiger partial charge on any atom is 0.251 e. The third-order valence-corrected chi connectivity index (χ3v) is 5.66. The van der Waals surface area contributed by atoms with E-state index >= 15 is 0 Å². The Balaban J connectivity index is 1.48. The van der Waals surface area contributed by atoms with Crippen LogP contribution < -0.4 is 15.4 Å². The first kappa shape index (κ1) is 23.0. The fraction of sp³-hybridized carbons (Fsp3) is 0.385. The zero-order chi connectivity index (χ0) is 23.0. The molecule has 3 aromatic rings. The normalized spacial score (nSPS) is 14.6. The lowest BCUT2D eigenvalue weighted by atomic mass is 9.99. The summed E-state index contributed by atoms with van der Waals surface area (Å²) in [5, 5.41) is 10.9. The highest BCUT2D eigenvalue weighted by atomic mass is 16.5. The third-order valence-electron chi connectivity index (χ3n) is 5.66. The van der Waals surface area contributed by atoms with Crippen LogP contribution in [-0.4, -0.2) is 48.6 Å². The number of amides is 1. The van der Waals surface area contributed by atoms with E-state index in [9.17, 15) is 4.79 Å². The minimum Gasteiger partial charge on any atom is -0.491 e. The van der Waals surface area contributed by atoms with Crippen molar-refractivity contribution in [2.45, 2.75) is 33.4 Å². The Labute approximate surface area is 195 Å². The monoisotopic (exact) mass is 448 g/mol. The maximum atomic E-state index is 12.8. The zero-order valence-electron chi connectivity index (χ0n) is 19.4. The number of carbonyl (C=O) groups is 1. The summed E-state index contributed by atoms with van der Waals surface area (Å²) in [6.45, 7) is 8.40. The Hall–Kier alpha value is -3.16. The molecular formula is C26H32N4O3. The van der Waals surface area contributed by atoms with E-state index in [1.807, 2.05) is 42.8 Å². The molecule has 2 aromatic carbocycles. The number of hydrogen-bond acceptors (Lipinski definition) is 5. The average Bonchev–Trinajstić information content (AvgIpc) is 3.12. The largest absolute Gasteiger partial charge is 0.491 e. The quantitative estimate of drug-likeness (QED) is 0.642. The molecule has 0 spiro atoms. The molecule has 0 saturated heterocycles. The molecule has 1 aliphatic heterocycles. The molecule has 174 valence electrons. The summed E-state index contributed by atoms with van der Waals surface area (Å²) in [5.41, 5.74) is 6.10. The van der Waals surface area contributed by atoms with Gasteiger partial charge in [0, 0.05) is 37.3 Å². The van der Waals surface area contributed by atoms with Gasteiger partial charge in [-0.25, -0.2) is 0 Å². The van der Waals surface area contributed by atoms with Gasteiger partial charge in [-0.3, -0.25) is 9.48 Å². The summed E-state index contributed by atoms with van der Waals surface area (Å²) in [4.78, 5) is 12.8. The first-order chi connectivity index (χ1) is 16.1. The summed E-state index contributed by atoms with van der Waals surface area (Å²) >= 11 is 0. The van der Waals surface area contributed by atoms with E-state index < -0.39 is 0 Å². The van der Waals surface area contributed by atoms with Gasteiger partial charge in [0.2, 0.25) is 0 Å². The van der Waals surface area contributed by atoms with Gasteiger partial charge in [-0.2, -0.15) is 5.10 Å². The SMILES string of the molecule is Cc1cc(C)n(CCNC(=O)c2ccc3c(c2)Cc2cccc(c2)CNCCOCCO3)n1. The van der Waals surface area contributed by atoms with Crippen LogP contribution in [0.4, 0.5) is 0 Å². The molecule has 0 fully saturated rings. The summed E-state index contributed by atoms with van der Waals surface area (Å²) in [7, 11) is 0. The molecule has 0 radical (unpaired) electrons. The van der Waals surface area contributed by atoms with Gasteiger partial charge in [0.05, 0.1) is 25.5 Å². The van der Waals surface area contributed by atoms with Crippen LogP contribution in [0.2, 0.25) is 0 Å². The zero-order valence-corrected chi connectivity index (χ0v) is 19.4. The fourth-order valence-electron chi connectivity index (χ4n) is 4.04. The molecule has 7 nitrogen and oxygen atoms in total. The Morgan fingerprint density at radius 2 is 1.97 bits per heavy atom. The van der Waals surface area contributed by atoms with Crippen molar-refractivity contribution in [2.24, 2.45) is 0 Å². The molecule has 1 amide bonds. The van der Waals surface area contributed by atoms with Crippen LogP contribution >= 0.6 is 0 Å². The summed E-state index contributed by atoms with van der Waals surface area (Å²) in [6, 6.07) is 16.2. The lowest BCUT2D eigenvalue weighted by Crippen LogP contribution is -2.28. The van der Waals surface area contributed by atoms with Crippen LogP contribution in [0.15, 0.2) is 48.5 Å². The molecule has 33 heavy (non-hydrogen) atoms. The molecule has 1 aliphatic rings. The van der Waals surface area contributed by atoms with Gasteiger partial charge < -0.3 is 20.1 Å². The van der Waals surface area contributed by atoms with Crippen LogP contribution in [0, 0.1) is 13.8 Å². The van der Waals surface area contributed by atoms with Gasteiger partial charge in [0.25, 0.3) is 5.91 Å². The predicted molar refractivity (Wildman–Crippen MR) is 128 cm³/mol. The van der Waals surface area contributed by atoms with E-state index in [2.05, 4.69) is 40.0 Å². The van der Waals surface area contributed by atoms with Gasteiger partial charge in [0.15, 0.2) is 0 Å². The first-order valence-electron chi connectivity index (χ1n) is 11.5. The Morgan fingerprint density at radius 3 is 2.82 bits per heavy atom. The van der Waals surface area contributed by atoms with E-state index in [0.717, 1.165) is 35.8 Å². The van der Waals surface area contributed by atoms with Crippen LogP contribution in [0.25, 0.3) is 0 Å². The van der Waals surface area contributed by atoms with Crippen molar-refractivity contribution in [3.05, 3.63) is 82.2 Å². The summed E-state index contributed by atoms with van der Waals surface area (Å²) in [5.74, 6) is 0.693. The average molecular weight is 449 g/mol. The smallest absolute Gasteiger partial charge is 0.251 e. The van der Waals surface area contributed by atoms with Crippen molar-refractivity contribution < 1.29 is 14.3 Å². The van der Waals surface area contributed by atoms with Crippen molar-refractivity contribution in [1.82, 2.24) is 20.4 Å². The van der Waals surface area contributed by atoms with Gasteiger partial charge in [0.1, 0.15) is 12.4 Å². The number of benzene rings is 2. The van der Waals surface area contributed by atoms with E-state index in [1.54, 1.807) is 0 Å². The minimum absolute atomic E-state index is 0.0972. The molecular weight excluding hydrogens is 416 g/mol. The molecule has 2 bridgehead atoms. The van der Waals surface area contributed by atoms with E-state index in [-0.39, 0.29) is 5.91 Å². The lowest BCUT2D eigenvalue weighted by molar-refractivity contribution is 0.0950. The van der Waals surface area contributed by atoms with Gasteiger partial charge in [-0.1, -0.05) is 24.3 Å². The molecule has 4 rings (SSSR count). The van der Waals surface area contributed by atoms with E-state index in [4.69, 9.17) is 9.47 Å². The van der Waals surface area contributed by atoms with E-state index in [1.165, 1.54) is 11.1 Å². The topological polar surface area (TPSA) is 77.4 Å². The van der Waals surface area contributed by atoms with Gasteiger partial charge >= 0.3 is 0 Å². The van der Waals surface area contributed by atoms with Crippen molar-refractivity contribution in [3.8, 4) is 5.75 Å². The van der Waals surface area contributed by atoms with E-state index in [0.29, 0.717) is 44.9 Å². The highest BCUT2D eigenvalue weighted by Gasteiger charge is 2.13. The van der Waals surface area contributed by atoms with Crippen LogP contribution in [-0.2, 0) is 24.2 Å². The molecule has 0 unspecified atom stereocenters. The van der Waals surface area contributed by atoms with Crippen molar-refractivity contribution >= 4 is 5.91 Å². The number of fused-ring (bicyclic) bond motifs is 3. The summed E-state index contributed by atoms with van der Waals surface area (Å²) in [6.07, 6.45) is 0.691. The molecule has 2 N–H and O–H groups in total. The van der Waals surface area contributed by atoms with Crippen LogP contribution in [0.5, 0.6) is 5.75 Å². The minimum atomic E-state index is -0.0972. The first-order valence-corrected chi connectivity index (χ1v) is 11.5. The van der Waals surface area contributed by atoms with Crippen molar-refractivity contribution in [2.75, 3.05) is 32.9 Å². The molecule has 0 saturated carbocycles. The van der Waals surface area contributed by atoms with Crippen molar-refractivity contribution in [1.29, 1.82) is 0 Å². The second kappa shape index (κ2) is 11.1. The second-order valence-corrected chi connectivity index (χ2v) is 8.36. The fourth-order valence-corrected chi connectivity index (χ4v) is 4.04. The predicted octanol–water partition coefficient (Wildman–Crippen LogP) is 3.02. The number of nitrogens with zero attached hydrogens (tertiary/aromatic N) is 2. The highest BCUT2D eigenvalue weighted by molar-refractivity contribution is 5.94. The highest BCUT2D eigenvalue weighted by Crippen LogP contribution is 2.24. The Bertz CT molecular complexity index is 1090. The molecule has 1 aromatic heterocycles. The number of aryl methyl sites for hydroxylation is 2. The van der Waals surface area contributed by atoms with Gasteiger partial charge in [-0.15, -0.1) is 0 Å². The Morgan fingerprint density at radius 1 is 1.09 bits per heavy atom. The molecule has 0 atom stereocenters. The maximum absolute atomic E-state index is 12.8. The Kier molecular flexibility index (Phi) is 7.75. The number of ether oxygens (including phenoxy) is 2. The summed E-state index contributed by atoms with van der Waals surface area (Å²) < 4.78 is 13.6. The number of hydrogen-bond donors (Lipinski definition) is 2. The standard InChI is InChI=1S/C26H32N4O3/c1-19-14-20(2)30(29-19)10-8-28-26(31)23-6-7-25-24(17-23)16-21-4-3-5-22(15-21)18-27-9-11-32-12-13-33-25/h3-7,14-15,17,27H,8-13,16,18H2,1-2H3,(H,28,31). The number of aromatic nitrogens is 2. The number of rotatable bonds is 4. The number of nitrogens with one attached hydrogen (secondary N) is 2. The molecule has 0 aliphatic carbocycles.